The van der Waals surface area contributed by atoms with Gasteiger partial charge in [-0.1, -0.05) is 29.5 Å². The molecule has 1 aliphatic rings. The molecule has 3 aromatic rings. The van der Waals surface area contributed by atoms with Crippen molar-refractivity contribution >= 4 is 56.8 Å². The molecule has 0 aliphatic carbocycles. The smallest absolute Gasteiger partial charge is 0.262 e. The summed E-state index contributed by atoms with van der Waals surface area (Å²) in [5.74, 6) is -1.20. The average Bonchev–Trinajstić information content (AvgIpc) is 3.23. The van der Waals surface area contributed by atoms with Crippen molar-refractivity contribution in [3.8, 4) is 0 Å². The molecule has 32 heavy (non-hydrogen) atoms. The summed E-state index contributed by atoms with van der Waals surface area (Å²) in [6.07, 6.45) is 0. The molecule has 0 spiro atoms. The average molecular weight is 473 g/mol. The van der Waals surface area contributed by atoms with E-state index in [1.807, 2.05) is 38.9 Å². The van der Waals surface area contributed by atoms with Gasteiger partial charge in [0.2, 0.25) is 5.91 Å². The van der Waals surface area contributed by atoms with Gasteiger partial charge in [-0.2, -0.15) is 0 Å². The number of hydrogen-bond acceptors (Lipinski definition) is 6. The minimum atomic E-state index is -0.433. The lowest BCUT2D eigenvalue weighted by molar-refractivity contribution is -0.119. The number of anilines is 1. The highest BCUT2D eigenvalue weighted by Gasteiger charge is 2.37. The summed E-state index contributed by atoms with van der Waals surface area (Å²) in [5, 5.41) is 0.576. The van der Waals surface area contributed by atoms with Gasteiger partial charge in [0, 0.05) is 13.1 Å². The largest absolute Gasteiger partial charge is 0.308 e. The van der Waals surface area contributed by atoms with E-state index in [9.17, 15) is 14.4 Å². The fraction of sp³-hybridized carbons (Fsp3) is 0.304. The molecule has 0 unspecified atom stereocenters. The summed E-state index contributed by atoms with van der Waals surface area (Å²) >= 11 is 1.45. The van der Waals surface area contributed by atoms with Gasteiger partial charge in [0.15, 0.2) is 5.13 Å². The summed E-state index contributed by atoms with van der Waals surface area (Å²) in [5.41, 5.74) is 3.75. The highest BCUT2D eigenvalue weighted by molar-refractivity contribution is 7.22. The van der Waals surface area contributed by atoms with Gasteiger partial charge in [0.05, 0.1) is 21.3 Å². The van der Waals surface area contributed by atoms with Crippen LogP contribution >= 0.6 is 23.7 Å². The first-order valence-corrected chi connectivity index (χ1v) is 10.9. The second-order valence-corrected chi connectivity index (χ2v) is 8.99. The minimum Gasteiger partial charge on any atom is -0.308 e. The zero-order chi connectivity index (χ0) is 22.3. The molecule has 1 aromatic heterocycles. The molecule has 0 radical (unpaired) electrons. The Morgan fingerprint density at radius 1 is 1.03 bits per heavy atom. The SMILES string of the molecule is Cc1cc(C)c2sc(N(CCN(C)C)C(=O)CN3C(=O)c4ccccc4C3=O)nc2c1.Cl. The quantitative estimate of drug-likeness (QED) is 0.513. The van der Waals surface area contributed by atoms with Crippen molar-refractivity contribution in [1.29, 1.82) is 0 Å². The standard InChI is InChI=1S/C23H24N4O3S.ClH/c1-14-11-15(2)20-18(12-14)24-23(31-20)26(10-9-25(3)4)19(28)13-27-21(29)16-7-5-6-8-17(16)22(27)30;/h5-8,11-12H,9-10,13H2,1-4H3;1H. The molecule has 0 saturated carbocycles. The van der Waals surface area contributed by atoms with E-state index in [1.54, 1.807) is 29.2 Å². The van der Waals surface area contributed by atoms with Gasteiger partial charge in [-0.05, 0) is 57.3 Å². The number of aromatic nitrogens is 1. The molecule has 0 N–H and O–H groups in total. The maximum atomic E-state index is 13.3. The maximum absolute atomic E-state index is 13.3. The third-order valence-corrected chi connectivity index (χ3v) is 6.51. The summed E-state index contributed by atoms with van der Waals surface area (Å²) in [4.78, 5) is 48.0. The molecular formula is C23H25ClN4O3S. The van der Waals surface area contributed by atoms with Crippen LogP contribution in [0.15, 0.2) is 36.4 Å². The molecule has 2 heterocycles. The van der Waals surface area contributed by atoms with Crippen molar-refractivity contribution in [1.82, 2.24) is 14.8 Å². The fourth-order valence-corrected chi connectivity index (χ4v) is 4.77. The predicted molar refractivity (Wildman–Crippen MR) is 129 cm³/mol. The van der Waals surface area contributed by atoms with Gasteiger partial charge in [0.1, 0.15) is 6.54 Å². The Bertz CT molecular complexity index is 1170. The number of fused-ring (bicyclic) bond motifs is 2. The predicted octanol–water partition coefficient (Wildman–Crippen LogP) is 3.53. The molecule has 7 nitrogen and oxygen atoms in total. The minimum absolute atomic E-state index is 0. The Labute approximate surface area is 197 Å². The van der Waals surface area contributed by atoms with Crippen LogP contribution in [0.4, 0.5) is 5.13 Å². The van der Waals surface area contributed by atoms with Crippen molar-refractivity contribution in [2.45, 2.75) is 13.8 Å². The van der Waals surface area contributed by atoms with Crippen molar-refractivity contribution < 1.29 is 14.4 Å². The number of thiazole rings is 1. The highest BCUT2D eigenvalue weighted by atomic mass is 35.5. The number of imide groups is 1. The van der Waals surface area contributed by atoms with E-state index in [0.717, 1.165) is 26.2 Å². The van der Waals surface area contributed by atoms with Gasteiger partial charge in [0.25, 0.3) is 11.8 Å². The molecule has 0 bridgehead atoms. The second-order valence-electron chi connectivity index (χ2n) is 8.02. The lowest BCUT2D eigenvalue weighted by atomic mass is 10.1. The molecule has 0 atom stereocenters. The first kappa shape index (κ1) is 23.8. The third kappa shape index (κ3) is 4.39. The summed E-state index contributed by atoms with van der Waals surface area (Å²) < 4.78 is 1.03. The van der Waals surface area contributed by atoms with E-state index in [2.05, 4.69) is 6.07 Å². The molecular weight excluding hydrogens is 448 g/mol. The number of likely N-dealkylation sites (N-methyl/N-ethyl adjacent to an activating group) is 1. The van der Waals surface area contributed by atoms with Crippen LogP contribution in [0.5, 0.6) is 0 Å². The lowest BCUT2D eigenvalue weighted by Crippen LogP contribution is -2.45. The third-order valence-electron chi connectivity index (χ3n) is 5.28. The molecule has 0 fully saturated rings. The number of benzene rings is 2. The van der Waals surface area contributed by atoms with Crippen LogP contribution in [0.25, 0.3) is 10.2 Å². The lowest BCUT2D eigenvalue weighted by Gasteiger charge is -2.24. The Hall–Kier alpha value is -2.81. The highest BCUT2D eigenvalue weighted by Crippen LogP contribution is 2.32. The molecule has 3 amide bonds. The van der Waals surface area contributed by atoms with Gasteiger partial charge < -0.3 is 4.90 Å². The number of nitrogens with zero attached hydrogens (tertiary/aromatic N) is 4. The first-order chi connectivity index (χ1) is 14.8. The van der Waals surface area contributed by atoms with Crippen LogP contribution in [0.3, 0.4) is 0 Å². The van der Waals surface area contributed by atoms with Gasteiger partial charge in [-0.25, -0.2) is 4.98 Å². The van der Waals surface area contributed by atoms with E-state index >= 15 is 0 Å². The van der Waals surface area contributed by atoms with Crippen molar-refractivity contribution in [3.05, 3.63) is 58.7 Å². The second kappa shape index (κ2) is 9.36. The summed E-state index contributed by atoms with van der Waals surface area (Å²) in [6, 6.07) is 10.7. The van der Waals surface area contributed by atoms with Crippen LogP contribution < -0.4 is 4.90 Å². The van der Waals surface area contributed by atoms with Crippen LogP contribution in [-0.4, -0.2) is 66.2 Å². The molecule has 4 rings (SSSR count). The molecule has 168 valence electrons. The van der Waals surface area contributed by atoms with Gasteiger partial charge in [-0.3, -0.25) is 24.2 Å². The molecule has 9 heteroatoms. The number of rotatable bonds is 6. The number of amides is 3. The van der Waals surface area contributed by atoms with E-state index in [4.69, 9.17) is 4.98 Å². The Kier molecular flexibility index (Phi) is 6.97. The number of halogens is 1. The summed E-state index contributed by atoms with van der Waals surface area (Å²) in [6.45, 7) is 4.77. The zero-order valence-corrected chi connectivity index (χ0v) is 20.0. The number of hydrogen-bond donors (Lipinski definition) is 0. The molecule has 0 saturated heterocycles. The van der Waals surface area contributed by atoms with Crippen LogP contribution in [0.2, 0.25) is 0 Å². The number of aryl methyl sites for hydroxylation is 2. The monoisotopic (exact) mass is 472 g/mol. The number of carbonyl (C=O) groups is 3. The van der Waals surface area contributed by atoms with E-state index in [-0.39, 0.29) is 24.9 Å². The van der Waals surface area contributed by atoms with Crippen LogP contribution in [0.1, 0.15) is 31.8 Å². The molecule has 2 aromatic carbocycles. The Balaban J connectivity index is 0.00000289. The Morgan fingerprint density at radius 2 is 1.66 bits per heavy atom. The number of carbonyl (C=O) groups excluding carboxylic acids is 3. The van der Waals surface area contributed by atoms with E-state index in [0.29, 0.717) is 29.3 Å². The van der Waals surface area contributed by atoms with Gasteiger partial charge >= 0.3 is 0 Å². The first-order valence-electron chi connectivity index (χ1n) is 10.0. The van der Waals surface area contributed by atoms with Crippen molar-refractivity contribution in [2.75, 3.05) is 38.6 Å². The van der Waals surface area contributed by atoms with Crippen molar-refractivity contribution in [2.24, 2.45) is 0 Å². The van der Waals surface area contributed by atoms with E-state index in [1.165, 1.54) is 11.3 Å². The van der Waals surface area contributed by atoms with Crippen molar-refractivity contribution in [3.63, 3.8) is 0 Å². The van der Waals surface area contributed by atoms with Crippen LogP contribution in [0, 0.1) is 13.8 Å². The summed E-state index contributed by atoms with van der Waals surface area (Å²) in [7, 11) is 3.86. The molecule has 1 aliphatic heterocycles. The van der Waals surface area contributed by atoms with Gasteiger partial charge in [-0.15, -0.1) is 12.4 Å². The Morgan fingerprint density at radius 3 is 2.25 bits per heavy atom. The topological polar surface area (TPSA) is 73.8 Å². The fourth-order valence-electron chi connectivity index (χ4n) is 3.71. The maximum Gasteiger partial charge on any atom is 0.262 e. The normalized spacial score (nSPS) is 13.0. The zero-order valence-electron chi connectivity index (χ0n) is 18.4. The van der Waals surface area contributed by atoms with Crippen LogP contribution in [-0.2, 0) is 4.79 Å². The van der Waals surface area contributed by atoms with E-state index < -0.39 is 11.8 Å².